The molecule has 6 heteroatoms. The maximum Gasteiger partial charge on any atom is 0.243 e. The van der Waals surface area contributed by atoms with Gasteiger partial charge in [-0.25, -0.2) is 0 Å². The molecule has 0 aromatic carbocycles. The molecule has 2 amide bonds. The lowest BCUT2D eigenvalue weighted by Gasteiger charge is -2.32. The first-order valence-electron chi connectivity index (χ1n) is 6.41. The molecule has 18 heavy (non-hydrogen) atoms. The first-order chi connectivity index (χ1) is 8.52. The van der Waals surface area contributed by atoms with E-state index < -0.39 is 5.91 Å². The van der Waals surface area contributed by atoms with E-state index in [-0.39, 0.29) is 31.1 Å². The van der Waals surface area contributed by atoms with E-state index in [1.807, 2.05) is 0 Å². The quantitative estimate of drug-likeness (QED) is 0.550. The number of rotatable bonds is 6. The van der Waals surface area contributed by atoms with Crippen molar-refractivity contribution in [2.75, 3.05) is 19.8 Å². The summed E-state index contributed by atoms with van der Waals surface area (Å²) in [5.41, 5.74) is 11.0. The molecule has 3 unspecified atom stereocenters. The lowest BCUT2D eigenvalue weighted by atomic mass is 9.78. The number of ether oxygens (including phenoxy) is 1. The van der Waals surface area contributed by atoms with Crippen LogP contribution in [-0.4, -0.2) is 37.6 Å². The summed E-state index contributed by atoms with van der Waals surface area (Å²) in [5.74, 6) is -0.244. The molecule has 1 fully saturated rings. The lowest BCUT2D eigenvalue weighted by Crippen LogP contribution is -2.48. The molecule has 1 aliphatic carbocycles. The minimum absolute atomic E-state index is 0.0169. The van der Waals surface area contributed by atoms with E-state index in [2.05, 4.69) is 12.2 Å². The molecule has 0 radical (unpaired) electrons. The number of carbonyl (C=O) groups excluding carboxylic acids is 2. The summed E-state index contributed by atoms with van der Waals surface area (Å²) in [7, 11) is 0. The minimum Gasteiger partial charge on any atom is -0.370 e. The van der Waals surface area contributed by atoms with E-state index in [1.54, 1.807) is 0 Å². The van der Waals surface area contributed by atoms with Crippen LogP contribution in [0.5, 0.6) is 0 Å². The van der Waals surface area contributed by atoms with Crippen molar-refractivity contribution in [1.82, 2.24) is 5.32 Å². The van der Waals surface area contributed by atoms with Gasteiger partial charge in [-0.1, -0.05) is 13.3 Å². The predicted molar refractivity (Wildman–Crippen MR) is 67.5 cm³/mol. The Kier molecular flexibility index (Phi) is 6.07. The van der Waals surface area contributed by atoms with Gasteiger partial charge >= 0.3 is 0 Å². The molecule has 0 spiro atoms. The molecular formula is C12H23N3O3. The van der Waals surface area contributed by atoms with E-state index in [1.165, 1.54) is 0 Å². The monoisotopic (exact) mass is 257 g/mol. The van der Waals surface area contributed by atoms with Gasteiger partial charge in [0.05, 0.1) is 12.5 Å². The molecule has 0 heterocycles. The first-order valence-corrected chi connectivity index (χ1v) is 6.41. The zero-order valence-electron chi connectivity index (χ0n) is 10.9. The topological polar surface area (TPSA) is 107 Å². The summed E-state index contributed by atoms with van der Waals surface area (Å²) in [6.45, 7) is 2.63. The minimum atomic E-state index is -0.510. The van der Waals surface area contributed by atoms with Gasteiger partial charge in [-0.2, -0.15) is 0 Å². The summed E-state index contributed by atoms with van der Waals surface area (Å²) >= 11 is 0. The van der Waals surface area contributed by atoms with Crippen molar-refractivity contribution in [2.45, 2.75) is 32.2 Å². The fourth-order valence-corrected chi connectivity index (χ4v) is 2.30. The average molecular weight is 257 g/mol. The van der Waals surface area contributed by atoms with Gasteiger partial charge in [0, 0.05) is 12.6 Å². The maximum absolute atomic E-state index is 11.9. The van der Waals surface area contributed by atoms with Crippen LogP contribution in [0.4, 0.5) is 0 Å². The van der Waals surface area contributed by atoms with Crippen LogP contribution in [0.3, 0.4) is 0 Å². The van der Waals surface area contributed by atoms with Crippen LogP contribution in [0.15, 0.2) is 0 Å². The molecule has 0 aliphatic heterocycles. The van der Waals surface area contributed by atoms with Crippen LogP contribution < -0.4 is 16.8 Å². The molecule has 0 aromatic rings. The number of nitrogens with two attached hydrogens (primary N) is 2. The van der Waals surface area contributed by atoms with Gasteiger partial charge in [0.1, 0.15) is 6.61 Å². The van der Waals surface area contributed by atoms with Gasteiger partial charge in [-0.3, -0.25) is 9.59 Å². The van der Waals surface area contributed by atoms with E-state index in [0.717, 1.165) is 19.3 Å². The normalized spacial score (nSPS) is 27.8. The molecule has 104 valence electrons. The third-order valence-electron chi connectivity index (χ3n) is 3.42. The highest BCUT2D eigenvalue weighted by Crippen LogP contribution is 2.27. The molecule has 1 rings (SSSR count). The Hall–Kier alpha value is -1.14. The van der Waals surface area contributed by atoms with Crippen LogP contribution in [0.25, 0.3) is 0 Å². The van der Waals surface area contributed by atoms with E-state index in [4.69, 9.17) is 16.2 Å². The Morgan fingerprint density at radius 3 is 2.78 bits per heavy atom. The fraction of sp³-hybridized carbons (Fsp3) is 0.833. The number of hydrogen-bond acceptors (Lipinski definition) is 4. The van der Waals surface area contributed by atoms with Gasteiger partial charge in [0.25, 0.3) is 0 Å². The summed E-state index contributed by atoms with van der Waals surface area (Å²) in [6, 6.07) is -0.0645. The predicted octanol–water partition coefficient (Wildman–Crippen LogP) is -0.632. The Bertz CT molecular complexity index is 296. The highest BCUT2D eigenvalue weighted by molar-refractivity contribution is 5.79. The van der Waals surface area contributed by atoms with Crippen molar-refractivity contribution in [2.24, 2.45) is 23.3 Å². The number of primary amides is 1. The molecule has 1 saturated carbocycles. The Labute approximate surface area is 107 Å². The molecule has 1 aliphatic rings. The van der Waals surface area contributed by atoms with Crippen molar-refractivity contribution in [3.63, 3.8) is 0 Å². The van der Waals surface area contributed by atoms with Crippen LogP contribution >= 0.6 is 0 Å². The number of carbonyl (C=O) groups is 2. The average Bonchev–Trinajstić information content (AvgIpc) is 2.31. The third-order valence-corrected chi connectivity index (χ3v) is 3.42. The highest BCUT2D eigenvalue weighted by Gasteiger charge is 2.32. The Morgan fingerprint density at radius 1 is 1.39 bits per heavy atom. The summed E-state index contributed by atoms with van der Waals surface area (Å²) < 4.78 is 4.96. The molecule has 6 nitrogen and oxygen atoms in total. The number of amides is 2. The van der Waals surface area contributed by atoms with Gasteiger partial charge in [0.15, 0.2) is 0 Å². The van der Waals surface area contributed by atoms with Crippen molar-refractivity contribution >= 4 is 11.8 Å². The van der Waals surface area contributed by atoms with Gasteiger partial charge < -0.3 is 21.5 Å². The SMILES string of the molecule is CC1CCCC(C(=O)NCCOCC(N)=O)C1N. The Balaban J connectivity index is 2.21. The largest absolute Gasteiger partial charge is 0.370 e. The Morgan fingerprint density at radius 2 is 2.11 bits per heavy atom. The molecule has 3 atom stereocenters. The second kappa shape index (κ2) is 7.33. The summed E-state index contributed by atoms with van der Waals surface area (Å²) in [5, 5.41) is 2.78. The van der Waals surface area contributed by atoms with Crippen molar-refractivity contribution in [1.29, 1.82) is 0 Å². The van der Waals surface area contributed by atoms with E-state index in [9.17, 15) is 9.59 Å². The van der Waals surface area contributed by atoms with Crippen LogP contribution in [-0.2, 0) is 14.3 Å². The molecule has 0 bridgehead atoms. The van der Waals surface area contributed by atoms with E-state index in [0.29, 0.717) is 12.5 Å². The molecule has 5 N–H and O–H groups in total. The summed E-state index contributed by atoms with van der Waals surface area (Å²) in [6.07, 6.45) is 2.98. The standard InChI is InChI=1S/C12H23N3O3/c1-8-3-2-4-9(11(8)14)12(17)15-5-6-18-7-10(13)16/h8-9,11H,2-7,14H2,1H3,(H2,13,16)(H,15,17). The van der Waals surface area contributed by atoms with Crippen LogP contribution in [0.2, 0.25) is 0 Å². The second-order valence-electron chi connectivity index (χ2n) is 4.90. The smallest absolute Gasteiger partial charge is 0.243 e. The van der Waals surface area contributed by atoms with Gasteiger partial charge in [-0.15, -0.1) is 0 Å². The summed E-state index contributed by atoms with van der Waals surface area (Å²) in [4.78, 5) is 22.3. The highest BCUT2D eigenvalue weighted by atomic mass is 16.5. The second-order valence-corrected chi connectivity index (χ2v) is 4.90. The number of hydrogen-bond donors (Lipinski definition) is 3. The maximum atomic E-state index is 11.9. The molecule has 0 aromatic heterocycles. The molecular weight excluding hydrogens is 234 g/mol. The van der Waals surface area contributed by atoms with E-state index >= 15 is 0 Å². The zero-order valence-corrected chi connectivity index (χ0v) is 10.9. The molecule has 0 saturated heterocycles. The van der Waals surface area contributed by atoms with Crippen LogP contribution in [0.1, 0.15) is 26.2 Å². The van der Waals surface area contributed by atoms with Crippen molar-refractivity contribution in [3.8, 4) is 0 Å². The van der Waals surface area contributed by atoms with Crippen molar-refractivity contribution < 1.29 is 14.3 Å². The lowest BCUT2D eigenvalue weighted by molar-refractivity contribution is -0.127. The third kappa shape index (κ3) is 4.62. The number of nitrogens with one attached hydrogen (secondary N) is 1. The van der Waals surface area contributed by atoms with Crippen LogP contribution in [0, 0.1) is 11.8 Å². The first kappa shape index (κ1) is 14.9. The van der Waals surface area contributed by atoms with Crippen molar-refractivity contribution in [3.05, 3.63) is 0 Å². The zero-order chi connectivity index (χ0) is 13.5. The fourth-order valence-electron chi connectivity index (χ4n) is 2.30. The van der Waals surface area contributed by atoms with Gasteiger partial charge in [0.2, 0.25) is 11.8 Å². The van der Waals surface area contributed by atoms with Gasteiger partial charge in [-0.05, 0) is 18.8 Å².